The minimum Gasteiger partial charge on any atom is -0.487 e. The van der Waals surface area contributed by atoms with Crippen molar-refractivity contribution in [3.63, 3.8) is 0 Å². The third-order valence-corrected chi connectivity index (χ3v) is 3.32. The smallest absolute Gasteiger partial charge is 0.258 e. The molecule has 2 rings (SSSR count). The standard InChI is InChI=1S/C13H15NO3S/c1-16-9-12(15)14-10-5-3-4-6-11(10)17-8-7-13(14)18-2/h3-7H,8-9H2,1-2H3. The van der Waals surface area contributed by atoms with E-state index >= 15 is 0 Å². The zero-order valence-electron chi connectivity index (χ0n) is 10.4. The Labute approximate surface area is 111 Å². The molecule has 0 atom stereocenters. The molecule has 0 spiro atoms. The third kappa shape index (κ3) is 2.52. The molecule has 1 aliphatic rings. The van der Waals surface area contributed by atoms with Crippen molar-refractivity contribution in [2.75, 3.05) is 31.5 Å². The normalized spacial score (nSPS) is 14.3. The van der Waals surface area contributed by atoms with Crippen LogP contribution in [0.2, 0.25) is 0 Å². The van der Waals surface area contributed by atoms with Gasteiger partial charge in [0.15, 0.2) is 0 Å². The number of anilines is 1. The Balaban J connectivity index is 2.44. The summed E-state index contributed by atoms with van der Waals surface area (Å²) in [6.07, 6.45) is 3.84. The Bertz CT molecular complexity index is 473. The number of carbonyl (C=O) groups is 1. The molecule has 1 heterocycles. The molecule has 1 amide bonds. The SMILES string of the molecule is COCC(=O)N1C(SC)=CCOc2ccccc21. The van der Waals surface area contributed by atoms with Gasteiger partial charge in [-0.05, 0) is 24.5 Å². The van der Waals surface area contributed by atoms with E-state index in [0.29, 0.717) is 12.4 Å². The molecule has 5 heteroatoms. The number of nitrogens with zero attached hydrogens (tertiary/aromatic N) is 1. The van der Waals surface area contributed by atoms with E-state index in [-0.39, 0.29) is 12.5 Å². The molecular formula is C13H15NO3S. The fourth-order valence-electron chi connectivity index (χ4n) is 1.80. The minimum absolute atomic E-state index is 0.0479. The van der Waals surface area contributed by atoms with Crippen LogP contribution in [-0.2, 0) is 9.53 Å². The van der Waals surface area contributed by atoms with Crippen LogP contribution in [-0.4, -0.2) is 32.5 Å². The molecule has 1 aliphatic heterocycles. The van der Waals surface area contributed by atoms with Crippen molar-refractivity contribution in [3.8, 4) is 5.75 Å². The number of ether oxygens (including phenoxy) is 2. The highest BCUT2D eigenvalue weighted by Crippen LogP contribution is 2.35. The highest BCUT2D eigenvalue weighted by molar-refractivity contribution is 8.02. The highest BCUT2D eigenvalue weighted by Gasteiger charge is 2.24. The molecule has 0 saturated heterocycles. The number of amides is 1. The summed E-state index contributed by atoms with van der Waals surface area (Å²) in [4.78, 5) is 13.8. The van der Waals surface area contributed by atoms with E-state index in [4.69, 9.17) is 9.47 Å². The second-order valence-corrected chi connectivity index (χ2v) is 4.51. The van der Waals surface area contributed by atoms with Crippen LogP contribution >= 0.6 is 11.8 Å². The number of para-hydroxylation sites is 2. The van der Waals surface area contributed by atoms with Gasteiger partial charge in [0.05, 0.1) is 10.7 Å². The van der Waals surface area contributed by atoms with E-state index in [1.54, 1.807) is 4.90 Å². The fraction of sp³-hybridized carbons (Fsp3) is 0.308. The molecule has 18 heavy (non-hydrogen) atoms. The van der Waals surface area contributed by atoms with E-state index in [1.807, 2.05) is 36.6 Å². The number of benzene rings is 1. The number of fused-ring (bicyclic) bond motifs is 1. The van der Waals surface area contributed by atoms with Crippen molar-refractivity contribution in [2.24, 2.45) is 0 Å². The Morgan fingerprint density at radius 3 is 3.00 bits per heavy atom. The third-order valence-electron chi connectivity index (χ3n) is 2.55. The van der Waals surface area contributed by atoms with Crippen LogP contribution in [0.3, 0.4) is 0 Å². The van der Waals surface area contributed by atoms with E-state index in [2.05, 4.69) is 0 Å². The number of rotatable bonds is 3. The number of hydrogen-bond acceptors (Lipinski definition) is 4. The van der Waals surface area contributed by atoms with Crippen LogP contribution < -0.4 is 9.64 Å². The predicted molar refractivity (Wildman–Crippen MR) is 72.9 cm³/mol. The van der Waals surface area contributed by atoms with Gasteiger partial charge in [0, 0.05) is 7.11 Å². The van der Waals surface area contributed by atoms with Crippen molar-refractivity contribution in [1.82, 2.24) is 0 Å². The van der Waals surface area contributed by atoms with E-state index in [1.165, 1.54) is 18.9 Å². The lowest BCUT2D eigenvalue weighted by atomic mass is 10.2. The molecule has 0 bridgehead atoms. The van der Waals surface area contributed by atoms with Gasteiger partial charge < -0.3 is 9.47 Å². The Morgan fingerprint density at radius 1 is 1.50 bits per heavy atom. The van der Waals surface area contributed by atoms with E-state index in [9.17, 15) is 4.79 Å². The molecule has 4 nitrogen and oxygen atoms in total. The van der Waals surface area contributed by atoms with Crippen LogP contribution in [0.15, 0.2) is 35.4 Å². The first-order chi connectivity index (χ1) is 8.77. The summed E-state index contributed by atoms with van der Waals surface area (Å²) in [5, 5.41) is 0.863. The Hall–Kier alpha value is -1.46. The first-order valence-corrected chi connectivity index (χ1v) is 6.78. The van der Waals surface area contributed by atoms with Crippen LogP contribution in [0.5, 0.6) is 5.75 Å². The maximum atomic E-state index is 12.2. The molecular weight excluding hydrogens is 250 g/mol. The molecule has 0 aliphatic carbocycles. The van der Waals surface area contributed by atoms with Crippen LogP contribution in [0.25, 0.3) is 0 Å². The summed E-state index contributed by atoms with van der Waals surface area (Å²) in [5.41, 5.74) is 0.762. The van der Waals surface area contributed by atoms with E-state index in [0.717, 1.165) is 10.7 Å². The van der Waals surface area contributed by atoms with Crippen molar-refractivity contribution >= 4 is 23.4 Å². The molecule has 0 aromatic heterocycles. The highest BCUT2D eigenvalue weighted by atomic mass is 32.2. The summed E-state index contributed by atoms with van der Waals surface area (Å²) in [7, 11) is 1.51. The first kappa shape index (κ1) is 13.0. The Morgan fingerprint density at radius 2 is 2.28 bits per heavy atom. The van der Waals surface area contributed by atoms with Crippen molar-refractivity contribution < 1.29 is 14.3 Å². The summed E-state index contributed by atoms with van der Waals surface area (Å²) in [6.45, 7) is 0.510. The average Bonchev–Trinajstić information content (AvgIpc) is 2.57. The van der Waals surface area contributed by atoms with Gasteiger partial charge in [0.25, 0.3) is 5.91 Å². The van der Waals surface area contributed by atoms with Crippen LogP contribution in [0.1, 0.15) is 0 Å². The van der Waals surface area contributed by atoms with Gasteiger partial charge in [-0.3, -0.25) is 9.69 Å². The van der Waals surface area contributed by atoms with Gasteiger partial charge in [0.2, 0.25) is 0 Å². The topological polar surface area (TPSA) is 38.8 Å². The maximum absolute atomic E-state index is 12.2. The summed E-state index contributed by atoms with van der Waals surface area (Å²) in [5.74, 6) is 0.610. The quantitative estimate of drug-likeness (QED) is 0.840. The van der Waals surface area contributed by atoms with Crippen molar-refractivity contribution in [3.05, 3.63) is 35.4 Å². The maximum Gasteiger partial charge on any atom is 0.258 e. The zero-order valence-corrected chi connectivity index (χ0v) is 11.2. The lowest BCUT2D eigenvalue weighted by molar-refractivity contribution is -0.121. The zero-order chi connectivity index (χ0) is 13.0. The van der Waals surface area contributed by atoms with Gasteiger partial charge in [-0.25, -0.2) is 0 Å². The van der Waals surface area contributed by atoms with Gasteiger partial charge in [-0.2, -0.15) is 0 Å². The molecule has 0 saturated carbocycles. The molecule has 1 aromatic carbocycles. The summed E-state index contributed by atoms with van der Waals surface area (Å²) >= 11 is 1.52. The number of methoxy groups -OCH3 is 1. The molecule has 0 fully saturated rings. The lowest BCUT2D eigenvalue weighted by Crippen LogP contribution is -2.31. The average molecular weight is 265 g/mol. The van der Waals surface area contributed by atoms with Gasteiger partial charge in [-0.1, -0.05) is 12.1 Å². The number of thioether (sulfide) groups is 1. The predicted octanol–water partition coefficient (Wildman–Crippen LogP) is 2.26. The Kier molecular flexibility index (Phi) is 4.28. The first-order valence-electron chi connectivity index (χ1n) is 5.55. The van der Waals surface area contributed by atoms with Crippen LogP contribution in [0, 0.1) is 0 Å². The molecule has 96 valence electrons. The monoisotopic (exact) mass is 265 g/mol. The van der Waals surface area contributed by atoms with E-state index < -0.39 is 0 Å². The molecule has 0 radical (unpaired) electrons. The van der Waals surface area contributed by atoms with Gasteiger partial charge in [0.1, 0.15) is 19.0 Å². The summed E-state index contributed by atoms with van der Waals surface area (Å²) < 4.78 is 10.6. The van der Waals surface area contributed by atoms with Gasteiger partial charge >= 0.3 is 0 Å². The summed E-state index contributed by atoms with van der Waals surface area (Å²) in [6, 6.07) is 7.51. The second-order valence-electron chi connectivity index (χ2n) is 3.69. The number of carbonyl (C=O) groups excluding carboxylic acids is 1. The lowest BCUT2D eigenvalue weighted by Gasteiger charge is -2.23. The van der Waals surface area contributed by atoms with Crippen molar-refractivity contribution in [1.29, 1.82) is 0 Å². The molecule has 0 N–H and O–H groups in total. The van der Waals surface area contributed by atoms with Crippen molar-refractivity contribution in [2.45, 2.75) is 0 Å². The minimum atomic E-state index is -0.101. The molecule has 0 unspecified atom stereocenters. The van der Waals surface area contributed by atoms with Crippen LogP contribution in [0.4, 0.5) is 5.69 Å². The second kappa shape index (κ2) is 5.93. The van der Waals surface area contributed by atoms with Gasteiger partial charge in [-0.15, -0.1) is 11.8 Å². The number of hydrogen-bond donors (Lipinski definition) is 0. The largest absolute Gasteiger partial charge is 0.487 e. The fourth-order valence-corrected chi connectivity index (χ4v) is 2.41. The molecule has 1 aromatic rings.